The Bertz CT molecular complexity index is 1440. The van der Waals surface area contributed by atoms with Gasteiger partial charge in [0.2, 0.25) is 0 Å². The van der Waals surface area contributed by atoms with E-state index in [4.69, 9.17) is 0 Å². The highest BCUT2D eigenvalue weighted by atomic mass is 19.1. The topological polar surface area (TPSA) is 79.8 Å². The summed E-state index contributed by atoms with van der Waals surface area (Å²) in [6.45, 7) is 0. The van der Waals surface area contributed by atoms with Crippen LogP contribution < -0.4 is 10.6 Å². The van der Waals surface area contributed by atoms with E-state index in [0.29, 0.717) is 28.0 Å². The second-order valence-corrected chi connectivity index (χ2v) is 7.76. The normalized spacial score (nSPS) is 10.7. The molecule has 5 rings (SSSR count). The number of anilines is 3. The lowest BCUT2D eigenvalue weighted by Crippen LogP contribution is -2.13. The highest BCUT2D eigenvalue weighted by Crippen LogP contribution is 2.25. The van der Waals surface area contributed by atoms with Gasteiger partial charge >= 0.3 is 0 Å². The lowest BCUT2D eigenvalue weighted by molar-refractivity contribution is 0.102. The maximum atomic E-state index is 13.7. The van der Waals surface area contributed by atoms with E-state index in [0.717, 1.165) is 12.0 Å². The number of benzene rings is 2. The molecule has 0 aliphatic heterocycles. The quantitative estimate of drug-likeness (QED) is 0.345. The number of nitrogens with one attached hydrogen (secondary N) is 2. The molecule has 0 atom stereocenters. The number of aromatic nitrogens is 3. The fourth-order valence-corrected chi connectivity index (χ4v) is 3.62. The molecule has 0 saturated carbocycles. The first-order valence-electron chi connectivity index (χ1n) is 10.7. The van der Waals surface area contributed by atoms with E-state index in [2.05, 4.69) is 25.6 Å². The Kier molecular flexibility index (Phi) is 5.90. The molecule has 166 valence electrons. The van der Waals surface area contributed by atoms with Crippen LogP contribution >= 0.6 is 0 Å². The predicted molar refractivity (Wildman–Crippen MR) is 131 cm³/mol. The lowest BCUT2D eigenvalue weighted by Gasteiger charge is -2.10. The van der Waals surface area contributed by atoms with E-state index >= 15 is 0 Å². The van der Waals surface area contributed by atoms with Crippen molar-refractivity contribution in [1.29, 1.82) is 0 Å². The van der Waals surface area contributed by atoms with E-state index in [9.17, 15) is 9.18 Å². The van der Waals surface area contributed by atoms with Crippen molar-refractivity contribution in [3.05, 3.63) is 120 Å². The summed E-state index contributed by atoms with van der Waals surface area (Å²) in [5.41, 5.74) is 5.36. The van der Waals surface area contributed by atoms with Crippen molar-refractivity contribution < 1.29 is 9.18 Å². The molecule has 2 aromatic carbocycles. The summed E-state index contributed by atoms with van der Waals surface area (Å²) < 4.78 is 13.7. The van der Waals surface area contributed by atoms with Crippen LogP contribution in [0.2, 0.25) is 0 Å². The third-order valence-corrected chi connectivity index (χ3v) is 5.35. The van der Waals surface area contributed by atoms with Crippen molar-refractivity contribution in [3.8, 4) is 0 Å². The number of carbonyl (C=O) groups is 1. The molecule has 0 unspecified atom stereocenters. The van der Waals surface area contributed by atoms with Crippen LogP contribution in [0.15, 0.2) is 97.6 Å². The van der Waals surface area contributed by atoms with Gasteiger partial charge < -0.3 is 10.6 Å². The molecule has 0 aliphatic carbocycles. The highest BCUT2D eigenvalue weighted by Gasteiger charge is 2.09. The monoisotopic (exact) mass is 449 g/mol. The standard InChI is InChI=1S/C27H20FN5O/c28-20-3-7-24-23(16-20)25(11-14-30-24)32-22-6-8-26(31-17-22)27(34)33-21-4-1-18(2-5-21)15-19-9-12-29-13-10-19/h1-14,16-17H,15H2,(H,30,32)(H,33,34). The Morgan fingerprint density at radius 3 is 2.32 bits per heavy atom. The van der Waals surface area contributed by atoms with Gasteiger partial charge in [-0.15, -0.1) is 0 Å². The number of fused-ring (bicyclic) bond motifs is 1. The van der Waals surface area contributed by atoms with E-state index in [1.165, 1.54) is 17.7 Å². The maximum Gasteiger partial charge on any atom is 0.274 e. The first kappa shape index (κ1) is 21.2. The average Bonchev–Trinajstić information content (AvgIpc) is 2.87. The Labute approximate surface area is 195 Å². The maximum absolute atomic E-state index is 13.7. The molecule has 0 saturated heterocycles. The number of amides is 1. The molecule has 34 heavy (non-hydrogen) atoms. The number of hydrogen-bond acceptors (Lipinski definition) is 5. The Balaban J connectivity index is 1.24. The molecule has 2 N–H and O–H groups in total. The average molecular weight is 449 g/mol. The summed E-state index contributed by atoms with van der Waals surface area (Å²) in [6.07, 6.45) is 7.57. The second kappa shape index (κ2) is 9.46. The molecule has 6 nitrogen and oxygen atoms in total. The minimum absolute atomic E-state index is 0.289. The number of halogens is 1. The first-order chi connectivity index (χ1) is 16.6. The zero-order valence-corrected chi connectivity index (χ0v) is 18.1. The molecule has 0 aliphatic rings. The van der Waals surface area contributed by atoms with E-state index in [1.54, 1.807) is 49.1 Å². The van der Waals surface area contributed by atoms with Gasteiger partial charge in [0.1, 0.15) is 11.5 Å². The number of nitrogens with zero attached hydrogens (tertiary/aromatic N) is 3. The molecule has 7 heteroatoms. The molecule has 0 fully saturated rings. The van der Waals surface area contributed by atoms with Crippen LogP contribution in [0.4, 0.5) is 21.5 Å². The zero-order valence-electron chi connectivity index (χ0n) is 18.1. The number of pyridine rings is 3. The summed E-state index contributed by atoms with van der Waals surface area (Å²) in [7, 11) is 0. The van der Waals surface area contributed by atoms with Crippen molar-refractivity contribution in [2.24, 2.45) is 0 Å². The van der Waals surface area contributed by atoms with Gasteiger partial charge in [0.05, 0.1) is 17.4 Å². The Hall–Kier alpha value is -4.65. The third-order valence-electron chi connectivity index (χ3n) is 5.35. The number of rotatable bonds is 6. The summed E-state index contributed by atoms with van der Waals surface area (Å²) in [6, 6.07) is 21.3. The molecule has 0 spiro atoms. The van der Waals surface area contributed by atoms with Gasteiger partial charge in [-0.3, -0.25) is 14.8 Å². The van der Waals surface area contributed by atoms with Crippen molar-refractivity contribution in [2.75, 3.05) is 10.6 Å². The fourth-order valence-electron chi connectivity index (χ4n) is 3.62. The zero-order chi connectivity index (χ0) is 23.3. The fraction of sp³-hybridized carbons (Fsp3) is 0.0370. The Morgan fingerprint density at radius 1 is 0.794 bits per heavy atom. The molecule has 3 heterocycles. The van der Waals surface area contributed by atoms with Crippen molar-refractivity contribution >= 4 is 33.9 Å². The summed E-state index contributed by atoms with van der Waals surface area (Å²) in [5.74, 6) is -0.635. The third kappa shape index (κ3) is 4.88. The van der Waals surface area contributed by atoms with Crippen molar-refractivity contribution in [1.82, 2.24) is 15.0 Å². The molecule has 0 radical (unpaired) electrons. The minimum Gasteiger partial charge on any atom is -0.354 e. The van der Waals surface area contributed by atoms with Gasteiger partial charge in [0, 0.05) is 35.4 Å². The van der Waals surface area contributed by atoms with Gasteiger partial charge in [0.25, 0.3) is 5.91 Å². The van der Waals surface area contributed by atoms with E-state index in [-0.39, 0.29) is 17.4 Å². The molecular weight excluding hydrogens is 429 g/mol. The number of hydrogen-bond donors (Lipinski definition) is 2. The SMILES string of the molecule is O=C(Nc1ccc(Cc2ccncc2)cc1)c1ccc(Nc2ccnc3ccc(F)cc23)cn1. The smallest absolute Gasteiger partial charge is 0.274 e. The summed E-state index contributed by atoms with van der Waals surface area (Å²) in [4.78, 5) is 25.2. The van der Waals surface area contributed by atoms with Gasteiger partial charge in [-0.05, 0) is 78.2 Å². The minimum atomic E-state index is -0.334. The molecule has 5 aromatic rings. The largest absolute Gasteiger partial charge is 0.354 e. The second-order valence-electron chi connectivity index (χ2n) is 7.76. The molecule has 0 bridgehead atoms. The molecular formula is C27H20FN5O. The van der Waals surface area contributed by atoms with Gasteiger partial charge in [0.15, 0.2) is 0 Å². The molecule has 1 amide bonds. The lowest BCUT2D eigenvalue weighted by atomic mass is 10.1. The van der Waals surface area contributed by atoms with Crippen molar-refractivity contribution in [3.63, 3.8) is 0 Å². The highest BCUT2D eigenvalue weighted by molar-refractivity contribution is 6.03. The Morgan fingerprint density at radius 2 is 1.56 bits per heavy atom. The van der Waals surface area contributed by atoms with Crippen LogP contribution in [0.1, 0.15) is 21.6 Å². The number of carbonyl (C=O) groups excluding carboxylic acids is 1. The van der Waals surface area contributed by atoms with Crippen LogP contribution in [0.3, 0.4) is 0 Å². The van der Waals surface area contributed by atoms with Gasteiger partial charge in [-0.1, -0.05) is 12.1 Å². The van der Waals surface area contributed by atoms with Crippen LogP contribution in [0, 0.1) is 5.82 Å². The predicted octanol–water partition coefficient (Wildman–Crippen LogP) is 5.75. The van der Waals surface area contributed by atoms with Crippen LogP contribution in [-0.4, -0.2) is 20.9 Å². The summed E-state index contributed by atoms with van der Waals surface area (Å²) >= 11 is 0. The van der Waals surface area contributed by atoms with E-state index in [1.807, 2.05) is 36.4 Å². The van der Waals surface area contributed by atoms with E-state index < -0.39 is 0 Å². The van der Waals surface area contributed by atoms with Crippen LogP contribution in [0.25, 0.3) is 10.9 Å². The van der Waals surface area contributed by atoms with Crippen LogP contribution in [0.5, 0.6) is 0 Å². The first-order valence-corrected chi connectivity index (χ1v) is 10.7. The van der Waals surface area contributed by atoms with Gasteiger partial charge in [-0.2, -0.15) is 0 Å². The van der Waals surface area contributed by atoms with Crippen molar-refractivity contribution in [2.45, 2.75) is 6.42 Å². The van der Waals surface area contributed by atoms with Crippen LogP contribution in [-0.2, 0) is 6.42 Å². The molecule has 3 aromatic heterocycles. The van der Waals surface area contributed by atoms with Gasteiger partial charge in [-0.25, -0.2) is 9.37 Å². The summed E-state index contributed by atoms with van der Waals surface area (Å²) in [5, 5.41) is 6.74.